The van der Waals surface area contributed by atoms with Gasteiger partial charge >= 0.3 is 0 Å². The summed E-state index contributed by atoms with van der Waals surface area (Å²) in [7, 11) is 1.53. The Morgan fingerprint density at radius 2 is 2.00 bits per heavy atom. The Morgan fingerprint density at radius 3 is 2.64 bits per heavy atom. The number of rotatable bonds is 7. The number of hydrogen-bond acceptors (Lipinski definition) is 4. The number of halogens is 1. The number of carbonyl (C=O) groups is 1. The van der Waals surface area contributed by atoms with Gasteiger partial charge in [-0.05, 0) is 36.6 Å². The van der Waals surface area contributed by atoms with Crippen molar-refractivity contribution in [3.8, 4) is 0 Å². The fraction of sp³-hybridized carbons (Fsp3) is 0.389. The lowest BCUT2D eigenvalue weighted by Crippen LogP contribution is -2.34. The molecule has 3 rings (SSSR count). The molecule has 1 aromatic carbocycles. The van der Waals surface area contributed by atoms with Gasteiger partial charge in [-0.3, -0.25) is 9.59 Å². The van der Waals surface area contributed by atoms with E-state index in [4.69, 9.17) is 4.74 Å². The molecule has 1 fully saturated rings. The third-order valence-electron chi connectivity index (χ3n) is 4.50. The maximum absolute atomic E-state index is 13.1. The van der Waals surface area contributed by atoms with Crippen LogP contribution in [-0.4, -0.2) is 35.9 Å². The van der Waals surface area contributed by atoms with Gasteiger partial charge in [0, 0.05) is 25.1 Å². The fourth-order valence-corrected chi connectivity index (χ4v) is 2.77. The second kappa shape index (κ2) is 7.14. The van der Waals surface area contributed by atoms with Crippen molar-refractivity contribution in [2.24, 2.45) is 0 Å². The first kappa shape index (κ1) is 17.3. The first-order chi connectivity index (χ1) is 12.0. The monoisotopic (exact) mass is 345 g/mol. The lowest BCUT2D eigenvalue weighted by atomic mass is 9.96. The maximum atomic E-state index is 13.1. The van der Waals surface area contributed by atoms with Crippen molar-refractivity contribution < 1.29 is 13.9 Å². The Morgan fingerprint density at radius 1 is 1.28 bits per heavy atom. The summed E-state index contributed by atoms with van der Waals surface area (Å²) in [6, 6.07) is 9.13. The Balaban J connectivity index is 1.66. The third-order valence-corrected chi connectivity index (χ3v) is 4.50. The van der Waals surface area contributed by atoms with Gasteiger partial charge in [0.2, 0.25) is 0 Å². The van der Waals surface area contributed by atoms with E-state index < -0.39 is 0 Å². The molecular weight excluding hydrogens is 325 g/mol. The zero-order valence-electron chi connectivity index (χ0n) is 14.0. The van der Waals surface area contributed by atoms with Gasteiger partial charge in [-0.1, -0.05) is 12.1 Å². The lowest BCUT2D eigenvalue weighted by Gasteiger charge is -2.16. The summed E-state index contributed by atoms with van der Waals surface area (Å²) >= 11 is 0. The van der Waals surface area contributed by atoms with Crippen LogP contribution in [0.4, 0.5) is 4.39 Å². The summed E-state index contributed by atoms with van der Waals surface area (Å²) in [5, 5.41) is 6.95. The van der Waals surface area contributed by atoms with E-state index >= 15 is 0 Å². The van der Waals surface area contributed by atoms with Gasteiger partial charge in [-0.25, -0.2) is 9.07 Å². The van der Waals surface area contributed by atoms with Crippen LogP contribution in [0, 0.1) is 5.82 Å². The van der Waals surface area contributed by atoms with Crippen molar-refractivity contribution >= 4 is 5.91 Å². The number of nitrogens with zero attached hydrogens (tertiary/aromatic N) is 2. The molecule has 0 bridgehead atoms. The van der Waals surface area contributed by atoms with E-state index in [2.05, 4.69) is 10.4 Å². The molecular formula is C18H20FN3O3. The molecule has 1 aliphatic rings. The number of nitrogens with one attached hydrogen (secondary N) is 1. The van der Waals surface area contributed by atoms with Crippen LogP contribution in [0.5, 0.6) is 0 Å². The van der Waals surface area contributed by atoms with E-state index in [1.807, 2.05) is 0 Å². The van der Waals surface area contributed by atoms with E-state index in [0.717, 1.165) is 18.4 Å². The topological polar surface area (TPSA) is 73.2 Å². The smallest absolute Gasteiger partial charge is 0.271 e. The predicted molar refractivity (Wildman–Crippen MR) is 90.0 cm³/mol. The Labute approximate surface area is 144 Å². The van der Waals surface area contributed by atoms with Crippen LogP contribution in [0.1, 0.15) is 28.9 Å². The number of hydrogen-bond donors (Lipinski definition) is 1. The van der Waals surface area contributed by atoms with E-state index in [0.29, 0.717) is 13.2 Å². The second-order valence-corrected chi connectivity index (χ2v) is 6.24. The Kier molecular flexibility index (Phi) is 4.94. The fourth-order valence-electron chi connectivity index (χ4n) is 2.77. The molecule has 0 radical (unpaired) electrons. The SMILES string of the molecule is COCCn1nc(C(=O)NCC2(c3ccc(F)cc3)CC2)ccc1=O. The molecule has 25 heavy (non-hydrogen) atoms. The molecule has 1 amide bonds. The van der Waals surface area contributed by atoms with Crippen LogP contribution in [0.15, 0.2) is 41.2 Å². The molecule has 0 spiro atoms. The van der Waals surface area contributed by atoms with Gasteiger partial charge in [0.05, 0.1) is 13.2 Å². The second-order valence-electron chi connectivity index (χ2n) is 6.24. The summed E-state index contributed by atoms with van der Waals surface area (Å²) in [6.07, 6.45) is 1.89. The molecule has 0 aliphatic heterocycles. The van der Waals surface area contributed by atoms with Crippen LogP contribution in [0.25, 0.3) is 0 Å². The third kappa shape index (κ3) is 3.93. The molecule has 0 atom stereocenters. The van der Waals surface area contributed by atoms with Gasteiger partial charge in [0.25, 0.3) is 11.5 Å². The molecule has 1 saturated carbocycles. The first-order valence-corrected chi connectivity index (χ1v) is 8.15. The first-order valence-electron chi connectivity index (χ1n) is 8.15. The van der Waals surface area contributed by atoms with Gasteiger partial charge in [-0.15, -0.1) is 0 Å². The van der Waals surface area contributed by atoms with Crippen LogP contribution >= 0.6 is 0 Å². The molecule has 0 unspecified atom stereocenters. The number of amides is 1. The van der Waals surface area contributed by atoms with E-state index in [-0.39, 0.29) is 34.9 Å². The minimum absolute atomic E-state index is 0.131. The van der Waals surface area contributed by atoms with Crippen LogP contribution in [0.3, 0.4) is 0 Å². The average molecular weight is 345 g/mol. The van der Waals surface area contributed by atoms with Gasteiger partial charge in [-0.2, -0.15) is 5.10 Å². The Bertz CT molecular complexity index is 813. The normalized spacial score (nSPS) is 15.0. The highest BCUT2D eigenvalue weighted by Gasteiger charge is 2.44. The molecule has 1 N–H and O–H groups in total. The van der Waals surface area contributed by atoms with Crippen molar-refractivity contribution in [3.63, 3.8) is 0 Å². The summed E-state index contributed by atoms with van der Waals surface area (Å²) in [5.74, 6) is -0.606. The standard InChI is InChI=1S/C18H20FN3O3/c1-25-11-10-22-16(23)7-6-15(21-22)17(24)20-12-18(8-9-18)13-2-4-14(19)5-3-13/h2-7H,8-12H2,1H3,(H,20,24). The maximum Gasteiger partial charge on any atom is 0.271 e. The molecule has 6 nitrogen and oxygen atoms in total. The van der Waals surface area contributed by atoms with Crippen molar-refractivity contribution in [3.05, 3.63) is 63.8 Å². The van der Waals surface area contributed by atoms with Crippen molar-refractivity contribution in [1.82, 2.24) is 15.1 Å². The van der Waals surface area contributed by atoms with E-state index in [1.165, 1.54) is 36.1 Å². The van der Waals surface area contributed by atoms with E-state index in [9.17, 15) is 14.0 Å². The summed E-state index contributed by atoms with van der Waals surface area (Å²) in [6.45, 7) is 1.08. The quantitative estimate of drug-likeness (QED) is 0.825. The molecule has 0 saturated heterocycles. The predicted octanol–water partition coefficient (Wildman–Crippen LogP) is 1.49. The largest absolute Gasteiger partial charge is 0.383 e. The van der Waals surface area contributed by atoms with Crippen molar-refractivity contribution in [2.45, 2.75) is 24.8 Å². The van der Waals surface area contributed by atoms with Crippen molar-refractivity contribution in [2.75, 3.05) is 20.3 Å². The highest BCUT2D eigenvalue weighted by Crippen LogP contribution is 2.47. The number of benzene rings is 1. The van der Waals surface area contributed by atoms with Crippen LogP contribution < -0.4 is 10.9 Å². The molecule has 132 valence electrons. The van der Waals surface area contributed by atoms with Crippen LogP contribution in [-0.2, 0) is 16.7 Å². The summed E-state index contributed by atoms with van der Waals surface area (Å²) < 4.78 is 19.2. The zero-order chi connectivity index (χ0) is 17.9. The van der Waals surface area contributed by atoms with Gasteiger partial charge < -0.3 is 10.1 Å². The Hall–Kier alpha value is -2.54. The lowest BCUT2D eigenvalue weighted by molar-refractivity contribution is 0.0941. The van der Waals surface area contributed by atoms with Crippen LogP contribution in [0.2, 0.25) is 0 Å². The van der Waals surface area contributed by atoms with Gasteiger partial charge in [0.15, 0.2) is 0 Å². The minimum atomic E-state index is -0.334. The zero-order valence-corrected chi connectivity index (χ0v) is 14.0. The van der Waals surface area contributed by atoms with E-state index in [1.54, 1.807) is 12.1 Å². The number of carbonyl (C=O) groups excluding carboxylic acids is 1. The number of aromatic nitrogens is 2. The molecule has 1 heterocycles. The van der Waals surface area contributed by atoms with Crippen molar-refractivity contribution in [1.29, 1.82) is 0 Å². The van der Waals surface area contributed by atoms with Gasteiger partial charge in [0.1, 0.15) is 11.5 Å². The highest BCUT2D eigenvalue weighted by atomic mass is 19.1. The minimum Gasteiger partial charge on any atom is -0.383 e. The molecule has 7 heteroatoms. The number of ether oxygens (including phenoxy) is 1. The summed E-state index contributed by atoms with van der Waals surface area (Å²) in [4.78, 5) is 24.1. The molecule has 2 aromatic rings. The molecule has 1 aliphatic carbocycles. The summed E-state index contributed by atoms with van der Waals surface area (Å²) in [5.41, 5.74) is 0.796. The number of methoxy groups -OCH3 is 1. The average Bonchev–Trinajstić information content (AvgIpc) is 3.40. The molecule has 1 aromatic heterocycles. The highest BCUT2D eigenvalue weighted by molar-refractivity contribution is 5.92.